The molecule has 5 atom stereocenters. The highest BCUT2D eigenvalue weighted by Gasteiger charge is 2.41. The maximum absolute atomic E-state index is 12.6. The number of likely N-dealkylation sites (tertiary alicyclic amines) is 1. The van der Waals surface area contributed by atoms with Crippen LogP contribution < -0.4 is 5.73 Å². The highest BCUT2D eigenvalue weighted by atomic mass is 16.2. The van der Waals surface area contributed by atoms with E-state index in [1.807, 2.05) is 6.92 Å². The van der Waals surface area contributed by atoms with Gasteiger partial charge < -0.3 is 10.6 Å². The SMILES string of the molecule is CC(N)C1CCCCN1C(=O)CC1CC2CCC1C2. The monoisotopic (exact) mass is 264 g/mol. The van der Waals surface area contributed by atoms with Crippen molar-refractivity contribution in [2.75, 3.05) is 6.54 Å². The van der Waals surface area contributed by atoms with Gasteiger partial charge >= 0.3 is 0 Å². The number of hydrogen-bond acceptors (Lipinski definition) is 2. The molecular formula is C16H28N2O. The third-order valence-corrected chi connectivity index (χ3v) is 5.80. The van der Waals surface area contributed by atoms with Crippen LogP contribution in [-0.4, -0.2) is 29.4 Å². The van der Waals surface area contributed by atoms with Gasteiger partial charge in [0.15, 0.2) is 0 Å². The Labute approximate surface area is 116 Å². The molecule has 0 aromatic heterocycles. The highest BCUT2D eigenvalue weighted by Crippen LogP contribution is 2.49. The van der Waals surface area contributed by atoms with Gasteiger partial charge in [0.1, 0.15) is 0 Å². The first-order valence-corrected chi connectivity index (χ1v) is 8.20. The van der Waals surface area contributed by atoms with Crippen molar-refractivity contribution in [3.8, 4) is 0 Å². The Kier molecular flexibility index (Phi) is 3.84. The molecule has 3 aliphatic rings. The van der Waals surface area contributed by atoms with E-state index in [-0.39, 0.29) is 6.04 Å². The average molecular weight is 264 g/mol. The van der Waals surface area contributed by atoms with Crippen molar-refractivity contribution in [2.45, 2.75) is 70.4 Å². The fraction of sp³-hybridized carbons (Fsp3) is 0.938. The van der Waals surface area contributed by atoms with Crippen molar-refractivity contribution in [3.05, 3.63) is 0 Å². The lowest BCUT2D eigenvalue weighted by Gasteiger charge is -2.39. The number of carbonyl (C=O) groups is 1. The zero-order valence-corrected chi connectivity index (χ0v) is 12.2. The molecule has 5 unspecified atom stereocenters. The molecule has 2 saturated carbocycles. The number of fused-ring (bicyclic) bond motifs is 2. The molecule has 2 aliphatic carbocycles. The lowest BCUT2D eigenvalue weighted by molar-refractivity contribution is -0.136. The first kappa shape index (κ1) is 13.4. The Morgan fingerprint density at radius 2 is 2.11 bits per heavy atom. The van der Waals surface area contributed by atoms with Crippen LogP contribution >= 0.6 is 0 Å². The summed E-state index contributed by atoms with van der Waals surface area (Å²) in [6, 6.07) is 0.407. The average Bonchev–Trinajstić information content (AvgIpc) is 3.01. The lowest BCUT2D eigenvalue weighted by atomic mass is 9.85. The van der Waals surface area contributed by atoms with E-state index in [1.54, 1.807) is 0 Å². The number of amides is 1. The Balaban J connectivity index is 1.59. The molecule has 2 N–H and O–H groups in total. The molecule has 1 heterocycles. The van der Waals surface area contributed by atoms with Crippen molar-refractivity contribution < 1.29 is 4.79 Å². The molecule has 3 rings (SSSR count). The Morgan fingerprint density at radius 1 is 1.26 bits per heavy atom. The summed E-state index contributed by atoms with van der Waals surface area (Å²) >= 11 is 0. The third kappa shape index (κ3) is 2.67. The van der Waals surface area contributed by atoms with Gasteiger partial charge in [-0.05, 0) is 63.2 Å². The smallest absolute Gasteiger partial charge is 0.223 e. The minimum absolute atomic E-state index is 0.115. The molecule has 0 aromatic carbocycles. The zero-order chi connectivity index (χ0) is 13.4. The number of nitrogens with zero attached hydrogens (tertiary/aromatic N) is 1. The van der Waals surface area contributed by atoms with Gasteiger partial charge in [-0.25, -0.2) is 0 Å². The van der Waals surface area contributed by atoms with Gasteiger partial charge in [-0.2, -0.15) is 0 Å². The van der Waals surface area contributed by atoms with Crippen molar-refractivity contribution >= 4 is 5.91 Å². The van der Waals surface area contributed by atoms with Crippen LogP contribution in [-0.2, 0) is 4.79 Å². The molecule has 1 saturated heterocycles. The second kappa shape index (κ2) is 5.43. The van der Waals surface area contributed by atoms with Crippen LogP contribution in [0.25, 0.3) is 0 Å². The van der Waals surface area contributed by atoms with Crippen molar-refractivity contribution in [1.82, 2.24) is 4.90 Å². The molecule has 2 bridgehead atoms. The topological polar surface area (TPSA) is 46.3 Å². The summed E-state index contributed by atoms with van der Waals surface area (Å²) in [4.78, 5) is 14.7. The molecule has 19 heavy (non-hydrogen) atoms. The van der Waals surface area contributed by atoms with Gasteiger partial charge in [-0.3, -0.25) is 4.79 Å². The standard InChI is InChI=1S/C16H28N2O/c1-11(17)15-4-2-3-7-18(15)16(19)10-14-9-12-5-6-13(14)8-12/h11-15H,2-10,17H2,1H3. The Morgan fingerprint density at radius 3 is 2.74 bits per heavy atom. The van der Waals surface area contributed by atoms with Crippen molar-refractivity contribution in [2.24, 2.45) is 23.5 Å². The predicted octanol–water partition coefficient (Wildman–Crippen LogP) is 2.54. The molecule has 3 fully saturated rings. The van der Waals surface area contributed by atoms with Crippen LogP contribution in [0.4, 0.5) is 0 Å². The molecular weight excluding hydrogens is 236 g/mol. The second-order valence-electron chi connectivity index (χ2n) is 7.15. The summed E-state index contributed by atoms with van der Waals surface area (Å²) in [6.07, 6.45) is 9.78. The van der Waals surface area contributed by atoms with Crippen molar-refractivity contribution in [3.63, 3.8) is 0 Å². The number of hydrogen-bond donors (Lipinski definition) is 1. The van der Waals surface area contributed by atoms with E-state index in [1.165, 1.54) is 32.1 Å². The van der Waals surface area contributed by atoms with E-state index in [4.69, 9.17) is 5.73 Å². The minimum atomic E-state index is 0.115. The van der Waals surface area contributed by atoms with Crippen LogP contribution in [0.5, 0.6) is 0 Å². The lowest BCUT2D eigenvalue weighted by Crippen LogP contribution is -2.52. The molecule has 3 heteroatoms. The summed E-state index contributed by atoms with van der Waals surface area (Å²) in [5.41, 5.74) is 6.07. The van der Waals surface area contributed by atoms with E-state index < -0.39 is 0 Å². The van der Waals surface area contributed by atoms with E-state index in [2.05, 4.69) is 4.90 Å². The summed E-state index contributed by atoms with van der Waals surface area (Å²) in [7, 11) is 0. The van der Waals surface area contributed by atoms with E-state index in [0.717, 1.165) is 37.6 Å². The molecule has 0 radical (unpaired) electrons. The van der Waals surface area contributed by atoms with Crippen LogP contribution in [0.3, 0.4) is 0 Å². The van der Waals surface area contributed by atoms with Gasteiger partial charge in [0.05, 0.1) is 0 Å². The summed E-state index contributed by atoms with van der Waals surface area (Å²) < 4.78 is 0. The van der Waals surface area contributed by atoms with Crippen LogP contribution in [0.1, 0.15) is 58.3 Å². The van der Waals surface area contributed by atoms with Crippen LogP contribution in [0, 0.1) is 17.8 Å². The Hall–Kier alpha value is -0.570. The maximum atomic E-state index is 12.6. The summed E-state index contributed by atoms with van der Waals surface area (Å²) in [6.45, 7) is 2.99. The third-order valence-electron chi connectivity index (χ3n) is 5.80. The van der Waals surface area contributed by atoms with Crippen molar-refractivity contribution in [1.29, 1.82) is 0 Å². The van der Waals surface area contributed by atoms with Gasteiger partial charge in [0.2, 0.25) is 5.91 Å². The number of carbonyl (C=O) groups excluding carboxylic acids is 1. The maximum Gasteiger partial charge on any atom is 0.223 e. The number of rotatable bonds is 3. The second-order valence-corrected chi connectivity index (χ2v) is 7.15. The molecule has 0 spiro atoms. The summed E-state index contributed by atoms with van der Waals surface area (Å²) in [5, 5.41) is 0. The first-order valence-electron chi connectivity index (χ1n) is 8.20. The molecule has 1 amide bonds. The largest absolute Gasteiger partial charge is 0.338 e. The van der Waals surface area contributed by atoms with Crippen LogP contribution in [0.2, 0.25) is 0 Å². The minimum Gasteiger partial charge on any atom is -0.338 e. The van der Waals surface area contributed by atoms with E-state index in [9.17, 15) is 4.79 Å². The molecule has 0 aromatic rings. The summed E-state index contributed by atoms with van der Waals surface area (Å²) in [5.74, 6) is 2.86. The van der Waals surface area contributed by atoms with E-state index >= 15 is 0 Å². The quantitative estimate of drug-likeness (QED) is 0.851. The fourth-order valence-electron chi connectivity index (χ4n) is 4.78. The predicted molar refractivity (Wildman–Crippen MR) is 76.6 cm³/mol. The van der Waals surface area contributed by atoms with Crippen LogP contribution in [0.15, 0.2) is 0 Å². The zero-order valence-electron chi connectivity index (χ0n) is 12.2. The fourth-order valence-corrected chi connectivity index (χ4v) is 4.78. The highest BCUT2D eigenvalue weighted by molar-refractivity contribution is 5.77. The molecule has 3 nitrogen and oxygen atoms in total. The normalized spacial score (nSPS) is 39.6. The first-order chi connectivity index (χ1) is 9.15. The Bertz CT molecular complexity index is 342. The van der Waals surface area contributed by atoms with E-state index in [0.29, 0.717) is 17.9 Å². The molecule has 1 aliphatic heterocycles. The number of piperidine rings is 1. The number of nitrogens with two attached hydrogens (primary N) is 1. The van der Waals surface area contributed by atoms with Gasteiger partial charge in [0.25, 0.3) is 0 Å². The van der Waals surface area contributed by atoms with Gasteiger partial charge in [-0.1, -0.05) is 6.42 Å². The molecule has 108 valence electrons. The van der Waals surface area contributed by atoms with Gasteiger partial charge in [-0.15, -0.1) is 0 Å². The van der Waals surface area contributed by atoms with Gasteiger partial charge in [0, 0.05) is 25.0 Å².